The first-order valence-electron chi connectivity index (χ1n) is 35.5. The summed E-state index contributed by atoms with van der Waals surface area (Å²) in [5.74, 6) is 3.48. The maximum atomic E-state index is 13.9. The largest absolute Gasteiger partial charge is 0.435 e. The van der Waals surface area contributed by atoms with Gasteiger partial charge in [-0.05, 0) is 172 Å². The number of imidazole rings is 4. The summed E-state index contributed by atoms with van der Waals surface area (Å²) in [6, 6.07) is 51.7. The molecule has 118 heavy (non-hydrogen) atoms. The zero-order chi connectivity index (χ0) is 83.0. The third-order valence-corrected chi connectivity index (χ3v) is 18.1. The number of rotatable bonds is 22. The van der Waals surface area contributed by atoms with Crippen LogP contribution in [0.15, 0.2) is 205 Å². The first-order valence-corrected chi connectivity index (χ1v) is 36.8. The average molecular weight is 1640 g/mol. The molecule has 27 nitrogen and oxygen atoms in total. The molecule has 17 rings (SSSR count). The molecule has 16 aromatic rings. The Morgan fingerprint density at radius 3 is 1.14 bits per heavy atom. The van der Waals surface area contributed by atoms with Gasteiger partial charge in [-0.1, -0.05) is 19.1 Å². The van der Waals surface area contributed by atoms with Crippen LogP contribution in [0.3, 0.4) is 0 Å². The Labute approximate surface area is 665 Å². The maximum Gasteiger partial charge on any atom is 0.387 e. The number of hydrogen-bond donors (Lipinski definition) is 8. The second-order valence-electron chi connectivity index (χ2n) is 25.6. The summed E-state index contributed by atoms with van der Waals surface area (Å²) in [6.07, 6.45) is 1.62. The Hall–Kier alpha value is -14.7. The van der Waals surface area contributed by atoms with E-state index >= 15 is 0 Å². The van der Waals surface area contributed by atoms with Crippen LogP contribution in [0.5, 0.6) is 17.2 Å². The highest BCUT2D eigenvalue weighted by Gasteiger charge is 2.32. The van der Waals surface area contributed by atoms with Crippen molar-refractivity contribution in [3.05, 3.63) is 241 Å². The number of aryl methyl sites for hydroxylation is 2. The molecule has 1 saturated carbocycles. The van der Waals surface area contributed by atoms with Gasteiger partial charge in [0.05, 0.1) is 44.1 Å². The summed E-state index contributed by atoms with van der Waals surface area (Å²) in [6.45, 7) is -4.89. The van der Waals surface area contributed by atoms with Crippen LogP contribution in [0.25, 0.3) is 67.9 Å². The second kappa shape index (κ2) is 35.0. The van der Waals surface area contributed by atoms with Crippen LogP contribution in [-0.4, -0.2) is 104 Å². The van der Waals surface area contributed by atoms with Crippen LogP contribution in [0, 0.1) is 24.4 Å². The number of nitrogens with zero attached hydrogens (tertiary/aromatic N) is 16. The summed E-state index contributed by atoms with van der Waals surface area (Å²) in [4.78, 5) is 53.6. The first-order chi connectivity index (χ1) is 56.8. The van der Waals surface area contributed by atoms with Gasteiger partial charge in [-0.3, -0.25) is 18.3 Å². The first kappa shape index (κ1) is 80.0. The van der Waals surface area contributed by atoms with Crippen molar-refractivity contribution in [3.8, 4) is 41.0 Å². The van der Waals surface area contributed by atoms with Crippen LogP contribution in [0.1, 0.15) is 55.4 Å². The van der Waals surface area contributed by atoms with Gasteiger partial charge in [-0.25, -0.2) is 41.9 Å². The molecule has 12 N–H and O–H groups in total. The number of nitrogen functional groups attached to an aromatic ring is 4. The van der Waals surface area contributed by atoms with E-state index in [-0.39, 0.29) is 81.1 Å². The number of halogens is 11. The highest BCUT2D eigenvalue weighted by molar-refractivity contribution is 7.98. The maximum absolute atomic E-state index is 13.9. The fraction of sp³-hybridized carbons (Fsp3) is 0.139. The van der Waals surface area contributed by atoms with Crippen LogP contribution < -0.4 is 58.4 Å². The number of fused-ring (bicyclic) bond motifs is 4. The molecule has 0 atom stereocenters. The quantitative estimate of drug-likeness (QED) is 0.0231. The van der Waals surface area contributed by atoms with Gasteiger partial charge in [-0.2, -0.15) is 66.2 Å². The minimum Gasteiger partial charge on any atom is -0.435 e. The summed E-state index contributed by atoms with van der Waals surface area (Å²) < 4.78 is 162. The van der Waals surface area contributed by atoms with E-state index in [2.05, 4.69) is 114 Å². The number of thioether (sulfide) groups is 1. The van der Waals surface area contributed by atoms with E-state index in [1.807, 2.05) is 54.8 Å². The summed E-state index contributed by atoms with van der Waals surface area (Å²) in [5, 5.41) is 12.3. The van der Waals surface area contributed by atoms with E-state index in [1.165, 1.54) is 95.9 Å². The zero-order valence-corrected chi connectivity index (χ0v) is 62.6. The Balaban J connectivity index is 0.000000130. The monoisotopic (exact) mass is 1640 g/mol. The minimum absolute atomic E-state index is 0.0398. The van der Waals surface area contributed by atoms with E-state index in [0.717, 1.165) is 57.9 Å². The fourth-order valence-corrected chi connectivity index (χ4v) is 12.6. The standard InChI is InChI=1S/C21H17F3N6O.C20H17F3N6O.C19H13F5N6O.C19H18N6S/c22-12-3-8-15-16(9-12)30(19(27-15)11-1-2-11)21-28-17(25)10-18(29-21)26-13-4-6-14(7-5-13)31-20(23)24;1-2-18-26-14-8-3-11(21)9-15(14)29(18)20-27-16(24)10-17(28-20)25-12-4-6-13(7-5-12)30-19(22)23;20-9-1-6-12-13(7-9)30(17(27-12)16(21)22)19-28-14(25)8-15(29-19)26-10-2-4-11(5-3-10)31-18(23)24;1-12-21-15-5-3-4-6-16(15)25(12)19-23-17(20)11-18(24-19)22-13-7-9-14(26-2)10-8-13/h3-11,20H,1-2H2,(H3,25,26,28,29);3-10,19H,2H2,1H3,(H3,24,25,27,28);1-8,16,18H,(H3,25,26,28,29);3-11H,1-2H3,(H3,20,22,23,24). The normalized spacial score (nSPS) is 11.9. The predicted octanol–water partition coefficient (Wildman–Crippen LogP) is 18.2. The lowest BCUT2D eigenvalue weighted by Crippen LogP contribution is -2.09. The van der Waals surface area contributed by atoms with Crippen molar-refractivity contribution in [2.45, 2.75) is 70.2 Å². The highest BCUT2D eigenvalue weighted by atomic mass is 32.2. The van der Waals surface area contributed by atoms with Crippen molar-refractivity contribution in [1.82, 2.24) is 78.1 Å². The Morgan fingerprint density at radius 2 is 0.746 bits per heavy atom. The number of anilines is 12. The van der Waals surface area contributed by atoms with Gasteiger partial charge in [0, 0.05) is 82.4 Å². The Bertz CT molecular complexity index is 6080. The summed E-state index contributed by atoms with van der Waals surface area (Å²) in [5.41, 5.74) is 30.7. The van der Waals surface area contributed by atoms with E-state index in [0.29, 0.717) is 80.6 Å². The lowest BCUT2D eigenvalue weighted by Gasteiger charge is -2.12. The van der Waals surface area contributed by atoms with Crippen molar-refractivity contribution in [2.75, 3.05) is 50.5 Å². The lowest BCUT2D eigenvalue weighted by atomic mass is 10.3. The number of aromatic nitrogens is 16. The molecule has 8 aromatic heterocycles. The van der Waals surface area contributed by atoms with E-state index in [4.69, 9.17) is 22.9 Å². The van der Waals surface area contributed by atoms with Gasteiger partial charge in [0.2, 0.25) is 23.8 Å². The van der Waals surface area contributed by atoms with Crippen LogP contribution in [-0.2, 0) is 6.42 Å². The van der Waals surface area contributed by atoms with E-state index < -0.39 is 43.7 Å². The number of nitrogens with two attached hydrogens (primary N) is 4. The van der Waals surface area contributed by atoms with Crippen LogP contribution >= 0.6 is 11.8 Å². The van der Waals surface area contributed by atoms with Crippen molar-refractivity contribution < 1.29 is 62.5 Å². The van der Waals surface area contributed by atoms with Gasteiger partial charge >= 0.3 is 19.8 Å². The number of ether oxygens (including phenoxy) is 3. The smallest absolute Gasteiger partial charge is 0.387 e. The molecule has 0 amide bonds. The molecule has 0 unspecified atom stereocenters. The van der Waals surface area contributed by atoms with Crippen molar-refractivity contribution in [3.63, 3.8) is 0 Å². The number of para-hydroxylation sites is 2. The molecule has 39 heteroatoms. The third kappa shape index (κ3) is 19.2. The molecular formula is C79H65F11N24O3S. The molecule has 1 fully saturated rings. The molecule has 8 aromatic carbocycles. The number of nitrogens with one attached hydrogen (secondary N) is 4. The van der Waals surface area contributed by atoms with Crippen molar-refractivity contribution in [1.29, 1.82) is 0 Å². The van der Waals surface area contributed by atoms with Gasteiger partial charge in [0.25, 0.3) is 6.43 Å². The van der Waals surface area contributed by atoms with E-state index in [1.54, 1.807) is 69.4 Å². The molecule has 0 aliphatic heterocycles. The molecular weight excluding hydrogens is 1570 g/mol. The second-order valence-corrected chi connectivity index (χ2v) is 26.5. The molecule has 0 radical (unpaired) electrons. The average Bonchev–Trinajstić information content (AvgIpc) is 1.58. The van der Waals surface area contributed by atoms with Crippen LogP contribution in [0.2, 0.25) is 0 Å². The SMILES string of the molecule is CCc1nc2ccc(F)cc2n1-c1nc(N)cc(Nc2ccc(OC(F)F)cc2)n1.CSc1ccc(Nc2cc(N)nc(-n3c(C)nc4ccccc43)n2)cc1.Nc1cc(Nc2ccc(OC(F)F)cc2)nc(-n2c(C(F)F)nc3ccc(F)cc32)n1.Nc1cc(Nc2ccc(OC(F)F)cc2)nc(-n2c(C3CC3)nc3ccc(F)cc32)n1. The molecule has 602 valence electrons. The predicted molar refractivity (Wildman–Crippen MR) is 426 cm³/mol. The topological polar surface area (TPSA) is 354 Å². The van der Waals surface area contributed by atoms with Crippen molar-refractivity contribution >= 4 is 125 Å². The van der Waals surface area contributed by atoms with Gasteiger partial charge in [0.1, 0.15) is 98.7 Å². The highest BCUT2D eigenvalue weighted by Crippen LogP contribution is 2.42. The Morgan fingerprint density at radius 1 is 0.390 bits per heavy atom. The van der Waals surface area contributed by atoms with Crippen molar-refractivity contribution in [2.24, 2.45) is 0 Å². The number of hydrogen-bond acceptors (Lipinski definition) is 24. The molecule has 8 heterocycles. The third-order valence-electron chi connectivity index (χ3n) is 17.3. The zero-order valence-electron chi connectivity index (χ0n) is 61.8. The molecule has 0 bridgehead atoms. The molecule has 0 spiro atoms. The van der Waals surface area contributed by atoms with E-state index in [9.17, 15) is 48.3 Å². The number of alkyl halides is 8. The van der Waals surface area contributed by atoms with Crippen LogP contribution in [0.4, 0.5) is 118 Å². The van der Waals surface area contributed by atoms with Gasteiger partial charge in [0.15, 0.2) is 5.82 Å². The fourth-order valence-electron chi connectivity index (χ4n) is 12.2. The molecule has 1 aliphatic carbocycles. The Kier molecular flexibility index (Phi) is 23.7. The van der Waals surface area contributed by atoms with Gasteiger partial charge < -0.3 is 58.4 Å². The molecule has 0 saturated heterocycles. The minimum atomic E-state index is -2.99. The van der Waals surface area contributed by atoms with Gasteiger partial charge in [-0.15, -0.1) is 11.8 Å². The summed E-state index contributed by atoms with van der Waals surface area (Å²) >= 11 is 1.71. The molecule has 1 aliphatic rings. The number of benzene rings is 8. The lowest BCUT2D eigenvalue weighted by molar-refractivity contribution is -0.0505. The summed E-state index contributed by atoms with van der Waals surface area (Å²) in [7, 11) is 0.